The number of carbonyl (C=O) groups excluding carboxylic acids is 2. The number of nitrogens with one attached hydrogen (secondary N) is 2. The fourth-order valence-corrected chi connectivity index (χ4v) is 2.56. The molecule has 0 bridgehead atoms. The van der Waals surface area contributed by atoms with E-state index >= 15 is 0 Å². The molecule has 2 N–H and O–H groups in total. The molecule has 1 fully saturated rings. The van der Waals surface area contributed by atoms with Crippen LogP contribution in [0.2, 0.25) is 0 Å². The highest BCUT2D eigenvalue weighted by Crippen LogP contribution is 2.15. The van der Waals surface area contributed by atoms with E-state index in [1.165, 1.54) is 0 Å². The smallest absolute Gasteiger partial charge is 0.235 e. The molecule has 25 heavy (non-hydrogen) atoms. The van der Waals surface area contributed by atoms with Gasteiger partial charge in [-0.2, -0.15) is 5.26 Å². The highest BCUT2D eigenvalue weighted by molar-refractivity contribution is 5.79. The second-order valence-electron chi connectivity index (χ2n) is 7.45. The third kappa shape index (κ3) is 7.00. The van der Waals surface area contributed by atoms with Gasteiger partial charge in [-0.1, -0.05) is 20.8 Å². The maximum absolute atomic E-state index is 12.2. The van der Waals surface area contributed by atoms with E-state index < -0.39 is 5.54 Å². The molecule has 0 radical (unpaired) electrons. The zero-order valence-corrected chi connectivity index (χ0v) is 16.3. The predicted molar refractivity (Wildman–Crippen MR) is 97.8 cm³/mol. The molecule has 1 aliphatic heterocycles. The van der Waals surface area contributed by atoms with Crippen LogP contribution in [0.3, 0.4) is 0 Å². The molecule has 0 aliphatic carbocycles. The number of hydrogen-bond donors (Lipinski definition) is 2. The molecule has 0 spiro atoms. The fraction of sp³-hybridized carbons (Fsp3) is 0.833. The maximum atomic E-state index is 12.2. The molecule has 142 valence electrons. The largest absolute Gasteiger partial charge is 0.353 e. The standard InChI is InChI=1S/C18H33N5O2/c1-6-15(4)20-16(24)11-22-7-9-23(10-8-22)12-17(25)21-18(5,13-19)14(2)3/h14-15H,6-12H2,1-5H3,(H,20,24)(H,21,25). The minimum Gasteiger partial charge on any atom is -0.353 e. The number of hydrogen-bond acceptors (Lipinski definition) is 5. The van der Waals surface area contributed by atoms with Crippen LogP contribution in [0.5, 0.6) is 0 Å². The van der Waals surface area contributed by atoms with Crippen molar-refractivity contribution in [3.63, 3.8) is 0 Å². The molecule has 1 aliphatic rings. The van der Waals surface area contributed by atoms with Crippen molar-refractivity contribution in [3.05, 3.63) is 0 Å². The van der Waals surface area contributed by atoms with Gasteiger partial charge in [0.05, 0.1) is 19.2 Å². The van der Waals surface area contributed by atoms with Gasteiger partial charge in [0.25, 0.3) is 0 Å². The van der Waals surface area contributed by atoms with E-state index in [1.807, 2.05) is 27.7 Å². The van der Waals surface area contributed by atoms with Crippen LogP contribution in [0.1, 0.15) is 41.0 Å². The van der Waals surface area contributed by atoms with E-state index in [0.717, 1.165) is 32.6 Å². The Labute approximate surface area is 151 Å². The van der Waals surface area contributed by atoms with Crippen LogP contribution in [0.4, 0.5) is 0 Å². The Morgan fingerprint density at radius 3 is 1.96 bits per heavy atom. The maximum Gasteiger partial charge on any atom is 0.235 e. The average Bonchev–Trinajstić information content (AvgIpc) is 2.55. The second kappa shape index (κ2) is 9.73. The molecule has 0 aromatic carbocycles. The Morgan fingerprint density at radius 1 is 1.08 bits per heavy atom. The van der Waals surface area contributed by atoms with Crippen molar-refractivity contribution in [2.24, 2.45) is 5.92 Å². The van der Waals surface area contributed by atoms with E-state index in [0.29, 0.717) is 6.54 Å². The molecule has 2 amide bonds. The van der Waals surface area contributed by atoms with Crippen molar-refractivity contribution >= 4 is 11.8 Å². The molecule has 0 aromatic rings. The molecule has 1 saturated heterocycles. The van der Waals surface area contributed by atoms with E-state index in [9.17, 15) is 14.9 Å². The summed E-state index contributed by atoms with van der Waals surface area (Å²) in [4.78, 5) is 28.3. The lowest BCUT2D eigenvalue weighted by atomic mass is 9.90. The Balaban J connectivity index is 2.36. The molecule has 1 heterocycles. The van der Waals surface area contributed by atoms with Crippen molar-refractivity contribution < 1.29 is 9.59 Å². The SMILES string of the molecule is CCC(C)NC(=O)CN1CCN(CC(=O)NC(C)(C#N)C(C)C)CC1. The number of rotatable bonds is 8. The summed E-state index contributed by atoms with van der Waals surface area (Å²) in [6.07, 6.45) is 0.923. The van der Waals surface area contributed by atoms with Crippen LogP contribution in [-0.4, -0.2) is 72.5 Å². The number of nitriles is 1. The first-order valence-electron chi connectivity index (χ1n) is 9.16. The van der Waals surface area contributed by atoms with Gasteiger partial charge in [0, 0.05) is 32.2 Å². The van der Waals surface area contributed by atoms with Crippen molar-refractivity contribution in [1.82, 2.24) is 20.4 Å². The van der Waals surface area contributed by atoms with Gasteiger partial charge < -0.3 is 10.6 Å². The minimum atomic E-state index is -0.840. The lowest BCUT2D eigenvalue weighted by molar-refractivity contribution is -0.126. The molecule has 2 unspecified atom stereocenters. The summed E-state index contributed by atoms with van der Waals surface area (Å²) in [5.41, 5.74) is -0.840. The first-order valence-corrected chi connectivity index (χ1v) is 9.16. The van der Waals surface area contributed by atoms with Crippen LogP contribution in [-0.2, 0) is 9.59 Å². The summed E-state index contributed by atoms with van der Waals surface area (Å²) in [6.45, 7) is 13.4. The van der Waals surface area contributed by atoms with Gasteiger partial charge >= 0.3 is 0 Å². The summed E-state index contributed by atoms with van der Waals surface area (Å²) in [6, 6.07) is 2.39. The van der Waals surface area contributed by atoms with Gasteiger partial charge in [-0.25, -0.2) is 0 Å². The number of nitrogens with zero attached hydrogens (tertiary/aromatic N) is 3. The van der Waals surface area contributed by atoms with Gasteiger partial charge in [-0.15, -0.1) is 0 Å². The van der Waals surface area contributed by atoms with E-state index in [2.05, 4.69) is 26.5 Å². The number of carbonyl (C=O) groups is 2. The molecular formula is C18H33N5O2. The van der Waals surface area contributed by atoms with Gasteiger partial charge in [-0.05, 0) is 26.2 Å². The average molecular weight is 351 g/mol. The third-order valence-electron chi connectivity index (χ3n) is 5.01. The quantitative estimate of drug-likeness (QED) is 0.668. The van der Waals surface area contributed by atoms with Crippen molar-refractivity contribution in [2.75, 3.05) is 39.3 Å². The number of amides is 2. The normalized spacial score (nSPS) is 19.7. The van der Waals surface area contributed by atoms with Crippen molar-refractivity contribution in [1.29, 1.82) is 5.26 Å². The predicted octanol–water partition coefficient (Wildman–Crippen LogP) is 0.573. The van der Waals surface area contributed by atoms with Gasteiger partial charge in [0.15, 0.2) is 0 Å². The molecule has 7 heteroatoms. The van der Waals surface area contributed by atoms with Crippen LogP contribution in [0.15, 0.2) is 0 Å². The molecule has 1 rings (SSSR count). The molecule has 0 aromatic heterocycles. The van der Waals surface area contributed by atoms with Crippen LogP contribution in [0.25, 0.3) is 0 Å². The van der Waals surface area contributed by atoms with Crippen molar-refractivity contribution in [2.45, 2.75) is 52.6 Å². The van der Waals surface area contributed by atoms with Crippen molar-refractivity contribution in [3.8, 4) is 6.07 Å². The Kier molecular flexibility index (Phi) is 8.33. The van der Waals surface area contributed by atoms with Crippen LogP contribution < -0.4 is 10.6 Å². The van der Waals surface area contributed by atoms with Crippen LogP contribution >= 0.6 is 0 Å². The monoisotopic (exact) mass is 351 g/mol. The first-order chi connectivity index (χ1) is 11.7. The van der Waals surface area contributed by atoms with E-state index in [-0.39, 0.29) is 30.3 Å². The summed E-state index contributed by atoms with van der Waals surface area (Å²) < 4.78 is 0. The zero-order chi connectivity index (χ0) is 19.0. The second-order valence-corrected chi connectivity index (χ2v) is 7.45. The third-order valence-corrected chi connectivity index (χ3v) is 5.01. The lowest BCUT2D eigenvalue weighted by Crippen LogP contribution is -2.55. The summed E-state index contributed by atoms with van der Waals surface area (Å²) in [5, 5.41) is 15.1. The van der Waals surface area contributed by atoms with Crippen LogP contribution in [0, 0.1) is 17.2 Å². The molecular weight excluding hydrogens is 318 g/mol. The molecule has 2 atom stereocenters. The van der Waals surface area contributed by atoms with Gasteiger partial charge in [0.2, 0.25) is 11.8 Å². The highest BCUT2D eigenvalue weighted by Gasteiger charge is 2.31. The molecule has 7 nitrogen and oxygen atoms in total. The summed E-state index contributed by atoms with van der Waals surface area (Å²) in [7, 11) is 0. The lowest BCUT2D eigenvalue weighted by Gasteiger charge is -2.35. The Hall–Kier alpha value is -1.65. The number of piperazine rings is 1. The summed E-state index contributed by atoms with van der Waals surface area (Å²) >= 11 is 0. The zero-order valence-electron chi connectivity index (χ0n) is 16.3. The Morgan fingerprint density at radius 2 is 1.56 bits per heavy atom. The van der Waals surface area contributed by atoms with Gasteiger partial charge in [0.1, 0.15) is 5.54 Å². The topological polar surface area (TPSA) is 88.5 Å². The van der Waals surface area contributed by atoms with E-state index in [4.69, 9.17) is 0 Å². The first kappa shape index (κ1) is 21.4. The van der Waals surface area contributed by atoms with E-state index in [1.54, 1.807) is 6.92 Å². The minimum absolute atomic E-state index is 0.0438. The Bertz CT molecular complexity index is 494. The highest BCUT2D eigenvalue weighted by atomic mass is 16.2. The molecule has 0 saturated carbocycles. The summed E-state index contributed by atoms with van der Waals surface area (Å²) in [5.74, 6) is -0.0229. The van der Waals surface area contributed by atoms with Gasteiger partial charge in [-0.3, -0.25) is 19.4 Å². The fourth-order valence-electron chi connectivity index (χ4n) is 2.56.